The van der Waals surface area contributed by atoms with Crippen LogP contribution in [-0.2, 0) is 0 Å². The second-order valence-corrected chi connectivity index (χ2v) is 5.19. The van der Waals surface area contributed by atoms with Gasteiger partial charge in [-0.15, -0.1) is 11.8 Å². The van der Waals surface area contributed by atoms with Crippen LogP contribution in [0, 0.1) is 5.92 Å². The van der Waals surface area contributed by atoms with Gasteiger partial charge in [-0.25, -0.2) is 0 Å². The molecule has 0 aliphatic carbocycles. The molecule has 0 aromatic rings. The normalized spacial score (nSPS) is 20.1. The van der Waals surface area contributed by atoms with Crippen LogP contribution >= 0.6 is 27.7 Å². The Hall–Kier alpha value is 0.790. The molecule has 0 rings (SSSR count). The van der Waals surface area contributed by atoms with Crippen molar-refractivity contribution in [3.05, 3.63) is 0 Å². The van der Waals surface area contributed by atoms with Crippen molar-refractivity contribution in [2.45, 2.75) is 30.5 Å². The highest BCUT2D eigenvalue weighted by Crippen LogP contribution is 2.19. The second-order valence-electron chi connectivity index (χ2n) is 2.66. The molecule has 0 amide bonds. The summed E-state index contributed by atoms with van der Waals surface area (Å²) < 4.78 is 0. The van der Waals surface area contributed by atoms with Crippen LogP contribution in [0.3, 0.4) is 0 Å². The van der Waals surface area contributed by atoms with E-state index in [9.17, 15) is 0 Å². The van der Waals surface area contributed by atoms with Crippen LogP contribution in [0.4, 0.5) is 0 Å². The van der Waals surface area contributed by atoms with Gasteiger partial charge in [-0.2, -0.15) is 0 Å². The highest BCUT2D eigenvalue weighted by Gasteiger charge is 2.11. The van der Waals surface area contributed by atoms with E-state index in [2.05, 4.69) is 36.0 Å². The molecule has 3 heteroatoms. The van der Waals surface area contributed by atoms with E-state index in [0.717, 1.165) is 6.42 Å². The highest BCUT2D eigenvalue weighted by atomic mass is 79.9. The maximum absolute atomic E-state index is 5.75. The Bertz CT molecular complexity index is 87.7. The number of alkyl halides is 1. The summed E-state index contributed by atoms with van der Waals surface area (Å²) in [5.74, 6) is 0.669. The van der Waals surface area contributed by atoms with E-state index >= 15 is 0 Å². The van der Waals surface area contributed by atoms with Crippen LogP contribution in [0.2, 0.25) is 0 Å². The Morgan fingerprint density at radius 2 is 2.00 bits per heavy atom. The number of hydrogen-bond donors (Lipinski definition) is 1. The zero-order valence-electron chi connectivity index (χ0n) is 6.80. The molecule has 3 unspecified atom stereocenters. The molecule has 0 heterocycles. The minimum absolute atomic E-state index is 0.301. The summed E-state index contributed by atoms with van der Waals surface area (Å²) in [5.41, 5.74) is 5.75. The van der Waals surface area contributed by atoms with Gasteiger partial charge in [0, 0.05) is 4.83 Å². The first kappa shape index (κ1) is 10.8. The molecule has 0 aliphatic heterocycles. The van der Waals surface area contributed by atoms with Gasteiger partial charge in [0.1, 0.15) is 0 Å². The van der Waals surface area contributed by atoms with Gasteiger partial charge in [-0.3, -0.25) is 0 Å². The van der Waals surface area contributed by atoms with Crippen molar-refractivity contribution in [2.75, 3.05) is 6.26 Å². The topological polar surface area (TPSA) is 26.0 Å². The predicted molar refractivity (Wildman–Crippen MR) is 53.7 cm³/mol. The molecular weight excluding hydrogens is 210 g/mol. The van der Waals surface area contributed by atoms with Crippen molar-refractivity contribution in [3.8, 4) is 0 Å². The van der Waals surface area contributed by atoms with Crippen LogP contribution in [-0.4, -0.2) is 16.5 Å². The zero-order chi connectivity index (χ0) is 8.15. The summed E-state index contributed by atoms with van der Waals surface area (Å²) in [6.45, 7) is 4.38. The lowest BCUT2D eigenvalue weighted by atomic mass is 10.1. The van der Waals surface area contributed by atoms with Crippen molar-refractivity contribution in [1.82, 2.24) is 0 Å². The predicted octanol–water partition coefficient (Wildman–Crippen LogP) is 2.44. The lowest BCUT2D eigenvalue weighted by Gasteiger charge is -2.17. The van der Waals surface area contributed by atoms with Crippen molar-refractivity contribution < 1.29 is 0 Å². The van der Waals surface area contributed by atoms with E-state index in [-0.39, 0.29) is 0 Å². The lowest BCUT2D eigenvalue weighted by Crippen LogP contribution is -2.21. The molecule has 0 spiro atoms. The van der Waals surface area contributed by atoms with E-state index in [1.165, 1.54) is 0 Å². The first-order valence-electron chi connectivity index (χ1n) is 3.50. The third-order valence-corrected chi connectivity index (χ3v) is 3.39. The van der Waals surface area contributed by atoms with Crippen molar-refractivity contribution in [2.24, 2.45) is 11.7 Å². The van der Waals surface area contributed by atoms with Crippen LogP contribution in [0.5, 0.6) is 0 Å². The number of rotatable bonds is 4. The Balaban J connectivity index is 3.46. The van der Waals surface area contributed by atoms with Crippen LogP contribution in [0.25, 0.3) is 0 Å². The molecule has 0 aromatic carbocycles. The van der Waals surface area contributed by atoms with Crippen LogP contribution in [0.15, 0.2) is 0 Å². The van der Waals surface area contributed by atoms with Gasteiger partial charge >= 0.3 is 0 Å². The average molecular weight is 226 g/mol. The smallest absolute Gasteiger partial charge is 0.0507 e. The van der Waals surface area contributed by atoms with Crippen LogP contribution in [0.1, 0.15) is 20.3 Å². The fourth-order valence-electron chi connectivity index (χ4n) is 0.650. The van der Waals surface area contributed by atoms with E-state index in [1.54, 1.807) is 11.8 Å². The SMILES string of the molecule is CSC(N)CC(C)C(C)Br. The Labute approximate surface area is 76.3 Å². The van der Waals surface area contributed by atoms with E-state index in [1.807, 2.05) is 0 Å². The van der Waals surface area contributed by atoms with Gasteiger partial charge in [0.2, 0.25) is 0 Å². The number of thioether (sulfide) groups is 1. The standard InChI is InChI=1S/C7H16BrNS/c1-5(6(2)8)4-7(9)10-3/h5-7H,4,9H2,1-3H3. The zero-order valence-corrected chi connectivity index (χ0v) is 9.21. The largest absolute Gasteiger partial charge is 0.319 e. The summed E-state index contributed by atoms with van der Waals surface area (Å²) in [6, 6.07) is 0. The summed E-state index contributed by atoms with van der Waals surface area (Å²) >= 11 is 5.26. The van der Waals surface area contributed by atoms with E-state index < -0.39 is 0 Å². The summed E-state index contributed by atoms with van der Waals surface area (Å²) in [5, 5.41) is 0.301. The fourth-order valence-corrected chi connectivity index (χ4v) is 1.36. The van der Waals surface area contributed by atoms with E-state index in [4.69, 9.17) is 5.73 Å². The molecule has 0 fully saturated rings. The van der Waals surface area contributed by atoms with Crippen molar-refractivity contribution >= 4 is 27.7 Å². The maximum atomic E-state index is 5.75. The molecule has 0 bridgehead atoms. The fraction of sp³-hybridized carbons (Fsp3) is 1.00. The minimum Gasteiger partial charge on any atom is -0.319 e. The number of hydrogen-bond acceptors (Lipinski definition) is 2. The summed E-state index contributed by atoms with van der Waals surface area (Å²) in [6.07, 6.45) is 3.14. The summed E-state index contributed by atoms with van der Waals surface area (Å²) in [7, 11) is 0. The lowest BCUT2D eigenvalue weighted by molar-refractivity contribution is 0.527. The Kier molecular flexibility index (Phi) is 5.87. The molecular formula is C7H16BrNS. The van der Waals surface area contributed by atoms with Crippen molar-refractivity contribution in [1.29, 1.82) is 0 Å². The highest BCUT2D eigenvalue weighted by molar-refractivity contribution is 9.09. The number of halogens is 1. The third-order valence-electron chi connectivity index (χ3n) is 1.69. The third kappa shape index (κ3) is 4.58. The molecule has 1 nitrogen and oxygen atoms in total. The van der Waals surface area contributed by atoms with Gasteiger partial charge in [0.05, 0.1) is 5.37 Å². The summed E-state index contributed by atoms with van der Waals surface area (Å²) in [4.78, 5) is 0.575. The minimum atomic E-state index is 0.301. The molecule has 0 saturated heterocycles. The van der Waals surface area contributed by atoms with Crippen LogP contribution < -0.4 is 5.73 Å². The monoisotopic (exact) mass is 225 g/mol. The molecule has 0 aromatic heterocycles. The molecule has 62 valence electrons. The van der Waals surface area contributed by atoms with Gasteiger partial charge < -0.3 is 5.73 Å². The van der Waals surface area contributed by atoms with E-state index in [0.29, 0.717) is 16.1 Å². The first-order chi connectivity index (χ1) is 4.57. The van der Waals surface area contributed by atoms with Gasteiger partial charge in [0.15, 0.2) is 0 Å². The van der Waals surface area contributed by atoms with Crippen molar-refractivity contribution in [3.63, 3.8) is 0 Å². The quantitative estimate of drug-likeness (QED) is 0.588. The van der Waals surface area contributed by atoms with Gasteiger partial charge in [-0.1, -0.05) is 29.8 Å². The molecule has 2 N–H and O–H groups in total. The maximum Gasteiger partial charge on any atom is 0.0507 e. The molecule has 10 heavy (non-hydrogen) atoms. The molecule has 0 radical (unpaired) electrons. The molecule has 0 saturated carbocycles. The number of nitrogens with two attached hydrogens (primary N) is 1. The average Bonchev–Trinajstić information content (AvgIpc) is 1.87. The Morgan fingerprint density at radius 1 is 1.50 bits per heavy atom. The molecule has 0 aliphatic rings. The second kappa shape index (κ2) is 5.44. The first-order valence-corrected chi connectivity index (χ1v) is 5.70. The van der Waals surface area contributed by atoms with Gasteiger partial charge in [-0.05, 0) is 18.6 Å². The Morgan fingerprint density at radius 3 is 2.30 bits per heavy atom. The molecule has 3 atom stereocenters. The van der Waals surface area contributed by atoms with Gasteiger partial charge in [0.25, 0.3) is 0 Å².